The number of anilines is 1. The Hall–Kier alpha value is -3.21. The summed E-state index contributed by atoms with van der Waals surface area (Å²) in [4.78, 5) is 42.5. The van der Waals surface area contributed by atoms with Gasteiger partial charge >= 0.3 is 0 Å². The van der Waals surface area contributed by atoms with E-state index in [4.69, 9.17) is 21.3 Å². The van der Waals surface area contributed by atoms with Gasteiger partial charge < -0.3 is 24.3 Å². The monoisotopic (exact) mass is 610 g/mol. The van der Waals surface area contributed by atoms with E-state index in [1.54, 1.807) is 15.9 Å². The zero-order chi connectivity index (χ0) is 30.6. The number of aromatic nitrogens is 1. The van der Waals surface area contributed by atoms with Gasteiger partial charge in [0.25, 0.3) is 5.91 Å². The first kappa shape index (κ1) is 29.8. The number of likely N-dealkylation sites (N-methyl/N-ethyl adjacent to an activating group) is 1. The SMILES string of the molecule is C=CC(=O)N1CCN2C(=O)c3c(N4CC(N5CCN(C)CC5)CC4(C)C)nc(-c4c(C)cccc4F)c(Cl)c3OC[C@H]2C1. The molecule has 43 heavy (non-hydrogen) atoms. The minimum Gasteiger partial charge on any atom is -0.489 e. The van der Waals surface area contributed by atoms with Crippen molar-refractivity contribution in [2.24, 2.45) is 0 Å². The number of benzene rings is 1. The number of hydrogen-bond acceptors (Lipinski definition) is 7. The molecule has 3 fully saturated rings. The number of carbonyl (C=O) groups excluding carboxylic acids is 2. The zero-order valence-corrected chi connectivity index (χ0v) is 26.2. The van der Waals surface area contributed by atoms with Crippen LogP contribution in [0.3, 0.4) is 0 Å². The molecular weight excluding hydrogens is 571 g/mol. The Balaban J connectivity index is 1.47. The highest BCUT2D eigenvalue weighted by Gasteiger charge is 2.47. The normalized spacial score (nSPS) is 24.3. The fraction of sp³-hybridized carbons (Fsp3) is 0.531. The fourth-order valence-corrected chi connectivity index (χ4v) is 7.37. The van der Waals surface area contributed by atoms with E-state index in [2.05, 4.69) is 42.2 Å². The Morgan fingerprint density at radius 3 is 2.56 bits per heavy atom. The first-order valence-corrected chi connectivity index (χ1v) is 15.4. The van der Waals surface area contributed by atoms with Gasteiger partial charge in [-0.15, -0.1) is 0 Å². The third-order valence-electron chi connectivity index (χ3n) is 9.57. The summed E-state index contributed by atoms with van der Waals surface area (Å²) in [7, 11) is 2.15. The predicted octanol–water partition coefficient (Wildman–Crippen LogP) is 3.69. The third-order valence-corrected chi connectivity index (χ3v) is 9.92. The minimum atomic E-state index is -0.438. The van der Waals surface area contributed by atoms with Crippen molar-refractivity contribution in [3.8, 4) is 17.0 Å². The van der Waals surface area contributed by atoms with Crippen LogP contribution in [-0.2, 0) is 4.79 Å². The molecule has 2 atom stereocenters. The number of amides is 2. The van der Waals surface area contributed by atoms with Gasteiger partial charge in [0, 0.05) is 69.5 Å². The lowest BCUT2D eigenvalue weighted by atomic mass is 9.98. The molecule has 0 bridgehead atoms. The lowest BCUT2D eigenvalue weighted by Gasteiger charge is -2.40. The highest BCUT2D eigenvalue weighted by Crippen LogP contribution is 2.47. The van der Waals surface area contributed by atoms with Crippen LogP contribution in [0.1, 0.15) is 36.2 Å². The fourth-order valence-electron chi connectivity index (χ4n) is 7.08. The number of aryl methyl sites for hydroxylation is 1. The molecule has 4 aliphatic heterocycles. The molecule has 4 aliphatic rings. The van der Waals surface area contributed by atoms with Crippen LogP contribution in [0.2, 0.25) is 5.02 Å². The molecule has 11 heteroatoms. The first-order chi connectivity index (χ1) is 20.5. The maximum atomic E-state index is 15.4. The van der Waals surface area contributed by atoms with Crippen LogP contribution >= 0.6 is 11.6 Å². The Labute approximate surface area is 257 Å². The van der Waals surface area contributed by atoms with E-state index in [-0.39, 0.29) is 52.5 Å². The maximum absolute atomic E-state index is 15.4. The lowest BCUT2D eigenvalue weighted by molar-refractivity contribution is -0.128. The zero-order valence-electron chi connectivity index (χ0n) is 25.4. The minimum absolute atomic E-state index is 0.117. The van der Waals surface area contributed by atoms with Gasteiger partial charge in [0.05, 0.1) is 11.7 Å². The van der Waals surface area contributed by atoms with E-state index in [1.165, 1.54) is 12.1 Å². The molecule has 1 aromatic heterocycles. The van der Waals surface area contributed by atoms with Crippen LogP contribution in [0.5, 0.6) is 5.75 Å². The highest BCUT2D eigenvalue weighted by atomic mass is 35.5. The van der Waals surface area contributed by atoms with Gasteiger partial charge in [-0.1, -0.05) is 30.3 Å². The summed E-state index contributed by atoms with van der Waals surface area (Å²) in [6, 6.07) is 4.78. The summed E-state index contributed by atoms with van der Waals surface area (Å²) in [5.41, 5.74) is 1.21. The van der Waals surface area contributed by atoms with Crippen LogP contribution < -0.4 is 9.64 Å². The number of halogens is 2. The molecule has 2 aromatic rings. The molecule has 0 aliphatic carbocycles. The molecule has 230 valence electrons. The van der Waals surface area contributed by atoms with Crippen LogP contribution in [0, 0.1) is 12.7 Å². The number of piperazine rings is 2. The van der Waals surface area contributed by atoms with E-state index >= 15 is 4.39 Å². The van der Waals surface area contributed by atoms with Crippen LogP contribution in [0.4, 0.5) is 10.2 Å². The lowest BCUT2D eigenvalue weighted by Crippen LogP contribution is -2.57. The predicted molar refractivity (Wildman–Crippen MR) is 165 cm³/mol. The van der Waals surface area contributed by atoms with Crippen molar-refractivity contribution in [1.29, 1.82) is 0 Å². The molecular formula is C32H40ClFN6O3. The van der Waals surface area contributed by atoms with Crippen LogP contribution in [0.25, 0.3) is 11.3 Å². The van der Waals surface area contributed by atoms with Gasteiger partial charge in [-0.3, -0.25) is 14.5 Å². The molecule has 2 amide bonds. The second-order valence-corrected chi connectivity index (χ2v) is 13.2. The molecule has 1 unspecified atom stereocenters. The summed E-state index contributed by atoms with van der Waals surface area (Å²) in [5, 5.41) is 0.117. The van der Waals surface area contributed by atoms with Crippen molar-refractivity contribution in [3.05, 3.63) is 52.8 Å². The largest absolute Gasteiger partial charge is 0.489 e. The second-order valence-electron chi connectivity index (χ2n) is 12.8. The summed E-state index contributed by atoms with van der Waals surface area (Å²) < 4.78 is 21.8. The van der Waals surface area contributed by atoms with Crippen molar-refractivity contribution in [1.82, 2.24) is 24.6 Å². The number of hydrogen-bond donors (Lipinski definition) is 0. The molecule has 1 aromatic carbocycles. The first-order valence-electron chi connectivity index (χ1n) is 15.0. The number of pyridine rings is 1. The second kappa shape index (κ2) is 11.4. The summed E-state index contributed by atoms with van der Waals surface area (Å²) in [6.45, 7) is 15.6. The molecule has 3 saturated heterocycles. The van der Waals surface area contributed by atoms with Crippen LogP contribution in [0.15, 0.2) is 30.9 Å². The number of ether oxygens (including phenoxy) is 1. The number of fused-ring (bicyclic) bond motifs is 2. The molecule has 0 radical (unpaired) electrons. The van der Waals surface area contributed by atoms with Crippen molar-refractivity contribution in [2.45, 2.75) is 44.8 Å². The Morgan fingerprint density at radius 1 is 1.12 bits per heavy atom. The third kappa shape index (κ3) is 5.27. The molecule has 6 rings (SSSR count). The quantitative estimate of drug-likeness (QED) is 0.489. The summed E-state index contributed by atoms with van der Waals surface area (Å²) >= 11 is 7.02. The van der Waals surface area contributed by atoms with Crippen molar-refractivity contribution < 1.29 is 18.7 Å². The van der Waals surface area contributed by atoms with Gasteiger partial charge in [0.1, 0.15) is 28.8 Å². The van der Waals surface area contributed by atoms with Crippen LogP contribution in [-0.4, -0.2) is 120 Å². The molecule has 0 saturated carbocycles. The van der Waals surface area contributed by atoms with Gasteiger partial charge in [-0.05, 0) is 51.9 Å². The topological polar surface area (TPSA) is 72.5 Å². The van der Waals surface area contributed by atoms with Gasteiger partial charge in [0.15, 0.2) is 5.75 Å². The summed E-state index contributed by atoms with van der Waals surface area (Å²) in [6.07, 6.45) is 2.18. The molecule has 0 N–H and O–H groups in total. The van der Waals surface area contributed by atoms with Gasteiger partial charge in [0.2, 0.25) is 5.91 Å². The smallest absolute Gasteiger partial charge is 0.261 e. The van der Waals surface area contributed by atoms with Gasteiger partial charge in [-0.2, -0.15) is 0 Å². The van der Waals surface area contributed by atoms with Crippen molar-refractivity contribution in [3.63, 3.8) is 0 Å². The molecule has 9 nitrogen and oxygen atoms in total. The average molecular weight is 611 g/mol. The van der Waals surface area contributed by atoms with E-state index in [0.29, 0.717) is 48.7 Å². The Morgan fingerprint density at radius 2 is 1.86 bits per heavy atom. The molecule has 0 spiro atoms. The van der Waals surface area contributed by atoms with Crippen molar-refractivity contribution >= 4 is 29.2 Å². The number of carbonyl (C=O) groups is 2. The van der Waals surface area contributed by atoms with Crippen molar-refractivity contribution in [2.75, 3.05) is 70.9 Å². The standard InChI is InChI=1S/C32H40ClFN6O3/c1-6-24(41)38-14-15-39-22(17-38)19-43-29-26(31(39)42)30(35-28(27(29)33)25-20(2)8-7-9-23(25)34)40-18-21(16-32(40,3)4)37-12-10-36(5)11-13-37/h6-9,21-22H,1,10-19H2,2-5H3/t21?,22-/m1/s1. The highest BCUT2D eigenvalue weighted by molar-refractivity contribution is 6.35. The average Bonchev–Trinajstić information content (AvgIpc) is 3.22. The van der Waals surface area contributed by atoms with E-state index in [1.807, 2.05) is 13.0 Å². The van der Waals surface area contributed by atoms with E-state index in [9.17, 15) is 9.59 Å². The number of rotatable bonds is 4. The summed E-state index contributed by atoms with van der Waals surface area (Å²) in [5.74, 6) is -0.158. The molecule has 5 heterocycles. The Bertz CT molecular complexity index is 1440. The maximum Gasteiger partial charge on any atom is 0.261 e. The Kier molecular flexibility index (Phi) is 7.89. The van der Waals surface area contributed by atoms with Gasteiger partial charge in [-0.25, -0.2) is 9.37 Å². The van der Waals surface area contributed by atoms with E-state index < -0.39 is 5.82 Å². The van der Waals surface area contributed by atoms with E-state index in [0.717, 1.165) is 32.6 Å². The number of nitrogens with zero attached hydrogens (tertiary/aromatic N) is 6.